The highest BCUT2D eigenvalue weighted by Gasteiger charge is 2.29. The summed E-state index contributed by atoms with van der Waals surface area (Å²) in [7, 11) is 0. The molecule has 0 radical (unpaired) electrons. The van der Waals surface area contributed by atoms with Gasteiger partial charge in [-0.1, -0.05) is 18.2 Å². The second kappa shape index (κ2) is 6.47. The van der Waals surface area contributed by atoms with Crippen molar-refractivity contribution in [3.05, 3.63) is 35.4 Å². The maximum Gasteiger partial charge on any atom is 0.389 e. The maximum absolute atomic E-state index is 12.1. The molecule has 0 unspecified atom stereocenters. The highest BCUT2D eigenvalue weighted by molar-refractivity contribution is 5.89. The van der Waals surface area contributed by atoms with Crippen LogP contribution in [0.15, 0.2) is 24.3 Å². The first-order chi connectivity index (χ1) is 9.87. The number of likely N-dealkylation sites (tertiary alicyclic amines) is 1. The number of benzene rings is 1. The van der Waals surface area contributed by atoms with E-state index < -0.39 is 18.6 Å². The van der Waals surface area contributed by atoms with Crippen LogP contribution in [0.1, 0.15) is 41.1 Å². The molecule has 6 heteroatoms. The molecule has 1 fully saturated rings. The molecule has 1 aromatic carbocycles. The number of nitrogens with zero attached hydrogens (tertiary/aromatic N) is 1. The first kappa shape index (κ1) is 15.8. The van der Waals surface area contributed by atoms with E-state index in [1.54, 1.807) is 24.3 Å². The predicted molar refractivity (Wildman–Crippen MR) is 72.5 cm³/mol. The number of rotatable bonds is 5. The van der Waals surface area contributed by atoms with E-state index in [1.165, 1.54) is 0 Å². The van der Waals surface area contributed by atoms with Gasteiger partial charge in [-0.2, -0.15) is 13.2 Å². The van der Waals surface area contributed by atoms with Gasteiger partial charge in [-0.25, -0.2) is 4.79 Å². The van der Waals surface area contributed by atoms with E-state index in [0.29, 0.717) is 18.7 Å². The van der Waals surface area contributed by atoms with Crippen LogP contribution in [0.5, 0.6) is 0 Å². The van der Waals surface area contributed by atoms with Gasteiger partial charge in [0.2, 0.25) is 0 Å². The smallest absolute Gasteiger partial charge is 0.389 e. The van der Waals surface area contributed by atoms with Gasteiger partial charge >= 0.3 is 12.1 Å². The number of aromatic carboxylic acids is 1. The van der Waals surface area contributed by atoms with E-state index >= 15 is 0 Å². The monoisotopic (exact) mass is 301 g/mol. The zero-order valence-corrected chi connectivity index (χ0v) is 11.6. The molecule has 21 heavy (non-hydrogen) atoms. The Morgan fingerprint density at radius 1 is 1.33 bits per heavy atom. The van der Waals surface area contributed by atoms with Crippen molar-refractivity contribution in [2.24, 2.45) is 0 Å². The average Bonchev–Trinajstić information content (AvgIpc) is 2.86. The molecule has 0 spiro atoms. The molecule has 3 nitrogen and oxygen atoms in total. The fourth-order valence-corrected chi connectivity index (χ4v) is 2.84. The normalized spacial score (nSPS) is 19.9. The average molecular weight is 301 g/mol. The topological polar surface area (TPSA) is 40.5 Å². The standard InChI is InChI=1S/C15H18F3NO2/c16-15(17,18)7-3-8-19-9-6-11(10-19)12-4-1-2-5-13(12)14(20)21/h1-2,4-5,11H,3,6-10H2,(H,20,21)/t11-/m0/s1. The third-order valence-corrected chi connectivity index (χ3v) is 3.84. The highest BCUT2D eigenvalue weighted by atomic mass is 19.4. The summed E-state index contributed by atoms with van der Waals surface area (Å²) in [5.41, 5.74) is 1.07. The minimum atomic E-state index is -4.10. The van der Waals surface area contributed by atoms with E-state index in [0.717, 1.165) is 18.5 Å². The summed E-state index contributed by atoms with van der Waals surface area (Å²) in [5.74, 6) is -0.871. The number of carboxylic acids is 1. The Balaban J connectivity index is 1.92. The number of carboxylic acid groups (broad SMARTS) is 1. The van der Waals surface area contributed by atoms with Crippen molar-refractivity contribution in [2.75, 3.05) is 19.6 Å². The molecule has 1 atom stereocenters. The number of carbonyl (C=O) groups is 1. The first-order valence-corrected chi connectivity index (χ1v) is 6.98. The summed E-state index contributed by atoms with van der Waals surface area (Å²) in [4.78, 5) is 13.2. The van der Waals surface area contributed by atoms with Crippen LogP contribution in [0, 0.1) is 0 Å². The van der Waals surface area contributed by atoms with Gasteiger partial charge in [-0.15, -0.1) is 0 Å². The minimum Gasteiger partial charge on any atom is -0.478 e. The van der Waals surface area contributed by atoms with E-state index in [4.69, 9.17) is 0 Å². The first-order valence-electron chi connectivity index (χ1n) is 6.98. The van der Waals surface area contributed by atoms with Gasteiger partial charge in [0.05, 0.1) is 5.56 Å². The summed E-state index contributed by atoms with van der Waals surface area (Å²) in [6, 6.07) is 6.86. The molecule has 1 aliphatic heterocycles. The zero-order valence-electron chi connectivity index (χ0n) is 11.6. The second-order valence-corrected chi connectivity index (χ2v) is 5.40. The lowest BCUT2D eigenvalue weighted by Crippen LogP contribution is -2.23. The summed E-state index contributed by atoms with van der Waals surface area (Å²) < 4.78 is 36.4. The predicted octanol–water partition coefficient (Wildman–Crippen LogP) is 3.52. The van der Waals surface area contributed by atoms with Gasteiger partial charge < -0.3 is 10.0 Å². The molecule has 0 bridgehead atoms. The molecule has 1 N–H and O–H groups in total. The van der Waals surface area contributed by atoms with Crippen LogP contribution in [-0.4, -0.2) is 41.8 Å². The molecule has 1 aliphatic rings. The molecular formula is C15H18F3NO2. The van der Waals surface area contributed by atoms with Crippen molar-refractivity contribution in [3.8, 4) is 0 Å². The lowest BCUT2D eigenvalue weighted by molar-refractivity contribution is -0.136. The number of alkyl halides is 3. The van der Waals surface area contributed by atoms with Crippen LogP contribution in [0.4, 0.5) is 13.2 Å². The Kier molecular flexibility index (Phi) is 4.88. The van der Waals surface area contributed by atoms with Gasteiger partial charge in [0.15, 0.2) is 0 Å². The Bertz CT molecular complexity index is 502. The Morgan fingerprint density at radius 2 is 2.05 bits per heavy atom. The molecule has 0 aromatic heterocycles. The van der Waals surface area contributed by atoms with Crippen molar-refractivity contribution >= 4 is 5.97 Å². The van der Waals surface area contributed by atoms with Crippen molar-refractivity contribution in [2.45, 2.75) is 31.4 Å². The largest absolute Gasteiger partial charge is 0.478 e. The summed E-state index contributed by atoms with van der Waals surface area (Å²) >= 11 is 0. The van der Waals surface area contributed by atoms with Crippen LogP contribution in [0.2, 0.25) is 0 Å². The highest BCUT2D eigenvalue weighted by Crippen LogP contribution is 2.30. The van der Waals surface area contributed by atoms with Crippen LogP contribution in [0.25, 0.3) is 0 Å². The third-order valence-electron chi connectivity index (χ3n) is 3.84. The van der Waals surface area contributed by atoms with Gasteiger partial charge in [-0.3, -0.25) is 0 Å². The SMILES string of the molecule is O=C(O)c1ccccc1[C@H]1CCN(CCCC(F)(F)F)C1. The van der Waals surface area contributed by atoms with Crippen LogP contribution >= 0.6 is 0 Å². The zero-order chi connectivity index (χ0) is 15.5. The quantitative estimate of drug-likeness (QED) is 0.904. The summed E-state index contributed by atoms with van der Waals surface area (Å²) in [6.07, 6.45) is -3.98. The van der Waals surface area contributed by atoms with E-state index in [9.17, 15) is 23.1 Å². The van der Waals surface area contributed by atoms with Gasteiger partial charge in [0.1, 0.15) is 0 Å². The van der Waals surface area contributed by atoms with Crippen LogP contribution in [0.3, 0.4) is 0 Å². The molecule has 1 heterocycles. The Labute approximate surface area is 121 Å². The van der Waals surface area contributed by atoms with Crippen LogP contribution < -0.4 is 0 Å². The van der Waals surface area contributed by atoms with Gasteiger partial charge in [-0.05, 0) is 43.5 Å². The number of hydrogen-bond donors (Lipinski definition) is 1. The molecule has 0 saturated carbocycles. The van der Waals surface area contributed by atoms with Crippen molar-refractivity contribution in [1.82, 2.24) is 4.90 Å². The molecular weight excluding hydrogens is 283 g/mol. The second-order valence-electron chi connectivity index (χ2n) is 5.40. The molecule has 0 aliphatic carbocycles. The van der Waals surface area contributed by atoms with Crippen molar-refractivity contribution in [3.63, 3.8) is 0 Å². The molecule has 1 saturated heterocycles. The van der Waals surface area contributed by atoms with Crippen molar-refractivity contribution in [1.29, 1.82) is 0 Å². The molecule has 116 valence electrons. The Morgan fingerprint density at radius 3 is 2.71 bits per heavy atom. The van der Waals surface area contributed by atoms with E-state index in [2.05, 4.69) is 0 Å². The molecule has 1 aromatic rings. The lowest BCUT2D eigenvalue weighted by atomic mass is 9.93. The minimum absolute atomic E-state index is 0.0863. The maximum atomic E-state index is 12.1. The van der Waals surface area contributed by atoms with E-state index in [-0.39, 0.29) is 12.3 Å². The number of hydrogen-bond acceptors (Lipinski definition) is 2. The van der Waals surface area contributed by atoms with Gasteiger partial charge in [0, 0.05) is 13.0 Å². The third kappa shape index (κ3) is 4.46. The molecule has 2 rings (SSSR count). The fourth-order valence-electron chi connectivity index (χ4n) is 2.84. The Hall–Kier alpha value is -1.56. The molecule has 0 amide bonds. The fraction of sp³-hybridized carbons (Fsp3) is 0.533. The van der Waals surface area contributed by atoms with Crippen LogP contribution in [-0.2, 0) is 0 Å². The number of halogens is 3. The lowest BCUT2D eigenvalue weighted by Gasteiger charge is -2.17. The van der Waals surface area contributed by atoms with Gasteiger partial charge in [0.25, 0.3) is 0 Å². The van der Waals surface area contributed by atoms with Crippen molar-refractivity contribution < 1.29 is 23.1 Å². The summed E-state index contributed by atoms with van der Waals surface area (Å²) in [5, 5.41) is 9.18. The summed E-state index contributed by atoms with van der Waals surface area (Å²) in [6.45, 7) is 1.75. The van der Waals surface area contributed by atoms with E-state index in [1.807, 2.05) is 4.90 Å².